The highest BCUT2D eigenvalue weighted by molar-refractivity contribution is 9.11. The van der Waals surface area contributed by atoms with E-state index in [-0.39, 0.29) is 37.7 Å². The van der Waals surface area contributed by atoms with E-state index < -0.39 is 38.6 Å². The van der Waals surface area contributed by atoms with Crippen molar-refractivity contribution in [3.8, 4) is 5.75 Å². The van der Waals surface area contributed by atoms with Gasteiger partial charge in [0.15, 0.2) is 0 Å². The van der Waals surface area contributed by atoms with Gasteiger partial charge < -0.3 is 34.0 Å². The number of piperazine rings is 2. The number of nitrogens with zero attached hydrogens (tertiary/aromatic N) is 4. The molecular weight excluding hydrogens is 977 g/mol. The number of alkyl halides is 3. The van der Waals surface area contributed by atoms with Crippen LogP contribution in [0.5, 0.6) is 5.75 Å². The zero-order valence-electron chi connectivity index (χ0n) is 33.0. The average Bonchev–Trinajstić information content (AvgIpc) is 3.93. The zero-order valence-corrected chi connectivity index (χ0v) is 37.0. The summed E-state index contributed by atoms with van der Waals surface area (Å²) >= 11 is 7.10. The molecule has 0 unspecified atom stereocenters. The molecule has 63 heavy (non-hydrogen) atoms. The van der Waals surface area contributed by atoms with E-state index in [1.54, 1.807) is 24.3 Å². The van der Waals surface area contributed by atoms with Crippen LogP contribution in [0.1, 0.15) is 32.2 Å². The molecule has 19 heteroatoms. The predicted molar refractivity (Wildman–Crippen MR) is 237 cm³/mol. The number of furan rings is 2. The number of fused-ring (bicyclic) bond motifs is 3. The highest BCUT2D eigenvalue weighted by atomic mass is 79.9. The summed E-state index contributed by atoms with van der Waals surface area (Å²) in [6.45, 7) is 4.54. The van der Waals surface area contributed by atoms with E-state index in [1.807, 2.05) is 35.2 Å². The van der Waals surface area contributed by atoms with Crippen LogP contribution in [0.15, 0.2) is 120 Å². The topological polar surface area (TPSA) is 168 Å². The van der Waals surface area contributed by atoms with Crippen LogP contribution in [0.25, 0.3) is 32.7 Å². The van der Waals surface area contributed by atoms with Gasteiger partial charge in [-0.3, -0.25) is 4.90 Å². The van der Waals surface area contributed by atoms with E-state index >= 15 is 0 Å². The molecule has 5 aromatic carbocycles. The molecule has 13 nitrogen and oxygen atoms in total. The minimum absolute atomic E-state index is 0.00916. The smallest absolute Gasteiger partial charge is 0.417 e. The molecule has 328 valence electrons. The Morgan fingerprint density at radius 2 is 1.16 bits per heavy atom. The summed E-state index contributed by atoms with van der Waals surface area (Å²) in [5.74, 6) is -2.21. The summed E-state index contributed by atoms with van der Waals surface area (Å²) in [6.07, 6.45) is -4.79. The van der Waals surface area contributed by atoms with Crippen molar-refractivity contribution in [2.24, 2.45) is 0 Å². The molecule has 2 aliphatic rings. The van der Waals surface area contributed by atoms with Crippen molar-refractivity contribution in [1.82, 2.24) is 9.21 Å². The van der Waals surface area contributed by atoms with Crippen molar-refractivity contribution in [1.29, 1.82) is 0 Å². The number of phenols is 1. The third-order valence-electron chi connectivity index (χ3n) is 11.2. The lowest BCUT2D eigenvalue weighted by Gasteiger charge is -2.36. The summed E-state index contributed by atoms with van der Waals surface area (Å²) in [6, 6.07) is 26.1. The van der Waals surface area contributed by atoms with E-state index in [0.29, 0.717) is 39.0 Å². The molecule has 4 heterocycles. The van der Waals surface area contributed by atoms with E-state index in [0.717, 1.165) is 80.6 Å². The highest BCUT2D eigenvalue weighted by Crippen LogP contribution is 2.39. The summed E-state index contributed by atoms with van der Waals surface area (Å²) < 4.78 is 79.0. The number of hydrogen-bond donors (Lipinski definition) is 3. The second-order valence-electron chi connectivity index (χ2n) is 14.9. The summed E-state index contributed by atoms with van der Waals surface area (Å²) in [4.78, 5) is 28.1. The quantitative estimate of drug-likeness (QED) is 0.132. The fourth-order valence-corrected chi connectivity index (χ4v) is 10.9. The van der Waals surface area contributed by atoms with Crippen LogP contribution in [0, 0.1) is 0 Å². The number of aromatic carboxylic acids is 2. The van der Waals surface area contributed by atoms with Gasteiger partial charge in [-0.15, -0.1) is 0 Å². The Kier molecular flexibility index (Phi) is 12.2. The lowest BCUT2D eigenvalue weighted by molar-refractivity contribution is -0.139. The normalized spacial score (nSPS) is 15.5. The monoisotopic (exact) mass is 1010 g/mol. The van der Waals surface area contributed by atoms with Crippen molar-refractivity contribution < 1.29 is 55.3 Å². The Balaban J connectivity index is 0.000000173. The van der Waals surface area contributed by atoms with Gasteiger partial charge in [-0.1, -0.05) is 42.5 Å². The molecule has 2 fully saturated rings. The number of carboxylic acids is 2. The van der Waals surface area contributed by atoms with Gasteiger partial charge in [0.1, 0.15) is 16.9 Å². The Bertz CT molecular complexity index is 3000. The fourth-order valence-electron chi connectivity index (χ4n) is 7.93. The van der Waals surface area contributed by atoms with Crippen molar-refractivity contribution in [3.05, 3.63) is 129 Å². The molecule has 2 saturated heterocycles. The molecule has 0 bridgehead atoms. The first kappa shape index (κ1) is 44.0. The van der Waals surface area contributed by atoms with E-state index in [4.69, 9.17) is 13.9 Å². The van der Waals surface area contributed by atoms with Gasteiger partial charge in [-0.2, -0.15) is 17.5 Å². The van der Waals surface area contributed by atoms with Crippen LogP contribution < -0.4 is 9.80 Å². The summed E-state index contributed by atoms with van der Waals surface area (Å²) in [7, 11) is -4.34. The average molecular weight is 1010 g/mol. The first-order chi connectivity index (χ1) is 30.0. The fraction of sp³-hybridized carbons (Fsp3) is 0.227. The Hall–Kier alpha value is -5.60. The molecule has 2 aliphatic heterocycles. The molecule has 0 amide bonds. The van der Waals surface area contributed by atoms with Crippen LogP contribution in [0.2, 0.25) is 0 Å². The van der Waals surface area contributed by atoms with Crippen molar-refractivity contribution in [3.63, 3.8) is 0 Å². The zero-order chi connectivity index (χ0) is 44.8. The number of aromatic hydroxyl groups is 1. The molecule has 7 aromatic rings. The molecule has 2 aromatic heterocycles. The van der Waals surface area contributed by atoms with Gasteiger partial charge in [0.25, 0.3) is 0 Å². The van der Waals surface area contributed by atoms with Gasteiger partial charge in [-0.05, 0) is 85.1 Å². The Labute approximate surface area is 374 Å². The summed E-state index contributed by atoms with van der Waals surface area (Å²) in [5.41, 5.74) is 2.43. The van der Waals surface area contributed by atoms with Crippen molar-refractivity contribution in [2.75, 3.05) is 62.2 Å². The van der Waals surface area contributed by atoms with Crippen LogP contribution in [-0.4, -0.2) is 97.2 Å². The van der Waals surface area contributed by atoms with Crippen LogP contribution in [0.3, 0.4) is 0 Å². The number of anilines is 2. The molecule has 0 saturated carbocycles. The van der Waals surface area contributed by atoms with Crippen molar-refractivity contribution in [2.45, 2.75) is 17.6 Å². The van der Waals surface area contributed by atoms with Crippen LogP contribution in [-0.2, 0) is 22.7 Å². The first-order valence-corrected chi connectivity index (χ1v) is 22.5. The lowest BCUT2D eigenvalue weighted by atomic mass is 10.0. The van der Waals surface area contributed by atoms with Crippen LogP contribution in [0.4, 0.5) is 24.5 Å². The minimum atomic E-state index is -4.79. The molecule has 0 spiro atoms. The number of rotatable bonds is 8. The first-order valence-electron chi connectivity index (χ1n) is 19.5. The van der Waals surface area contributed by atoms with E-state index in [9.17, 15) is 41.4 Å². The number of carbonyl (C=O) groups is 2. The Morgan fingerprint density at radius 3 is 1.70 bits per heavy atom. The maximum atomic E-state index is 13.3. The molecule has 9 rings (SSSR count). The number of sulfonamides is 1. The number of carboxylic acid groups (broad SMARTS) is 2. The molecule has 0 aliphatic carbocycles. The highest BCUT2D eigenvalue weighted by Gasteiger charge is 2.39. The van der Waals surface area contributed by atoms with E-state index in [2.05, 4.69) is 53.8 Å². The van der Waals surface area contributed by atoms with Gasteiger partial charge in [-0.25, -0.2) is 18.0 Å². The standard InChI is InChI=1S/C24H21BrN2O4.C20H16BrF3N2O5S/c25-23-17-13-22(24(29)30)31-21(17)8-6-19(23)27-11-9-26(10-12-27)14-18-16-4-2-1-3-15(16)5-7-20(18)28;21-18-12-11-16(19(27)28)31-15(12)6-5-14(18)25-7-9-26(10-8-25)32(29,30)17-4-2-1-3-13(17)20(22,23)24/h1-8,13,28H,9-12,14H2,(H,29,30);1-6,11H,7-10H2,(H,27,28). The lowest BCUT2D eigenvalue weighted by Crippen LogP contribution is -2.49. The number of hydrogen-bond acceptors (Lipinski definition) is 10. The third-order valence-corrected chi connectivity index (χ3v) is 14.8. The molecule has 3 N–H and O–H groups in total. The second kappa shape index (κ2) is 17.5. The maximum Gasteiger partial charge on any atom is 0.417 e. The molecule has 0 atom stereocenters. The van der Waals surface area contributed by atoms with E-state index in [1.165, 1.54) is 12.1 Å². The second-order valence-corrected chi connectivity index (χ2v) is 18.4. The largest absolute Gasteiger partial charge is 0.508 e. The van der Waals surface area contributed by atoms with Crippen molar-refractivity contribution >= 4 is 97.9 Å². The number of halogens is 5. The van der Waals surface area contributed by atoms with Gasteiger partial charge in [0.2, 0.25) is 21.5 Å². The predicted octanol–water partition coefficient (Wildman–Crippen LogP) is 9.50. The molecular formula is C44H37Br2F3N4O9S. The Morgan fingerprint density at radius 1 is 0.651 bits per heavy atom. The number of benzene rings is 5. The van der Waals surface area contributed by atoms with Gasteiger partial charge in [0, 0.05) is 87.4 Å². The third kappa shape index (κ3) is 8.84. The SMILES string of the molecule is O=C(O)c1cc2c(Br)c(N3CCN(Cc4c(O)ccc5ccccc45)CC3)ccc2o1.O=C(O)c1cc2c(Br)c(N3CCN(S(=O)(=O)c4ccccc4C(F)(F)F)CC3)ccc2o1. The van der Waals surface area contributed by atoms with Crippen LogP contribution >= 0.6 is 31.9 Å². The molecule has 0 radical (unpaired) electrons. The van der Waals surface area contributed by atoms with Gasteiger partial charge >= 0.3 is 18.1 Å². The summed E-state index contributed by atoms with van der Waals surface area (Å²) in [5, 5.41) is 32.3. The number of phenolic OH excluding ortho intramolecular Hbond substituents is 1. The maximum absolute atomic E-state index is 13.3. The minimum Gasteiger partial charge on any atom is -0.508 e. The van der Waals surface area contributed by atoms with Gasteiger partial charge in [0.05, 0.1) is 30.8 Å².